The summed E-state index contributed by atoms with van der Waals surface area (Å²) in [7, 11) is 0. The highest BCUT2D eigenvalue weighted by Crippen LogP contribution is 2.33. The SMILES string of the molecule is CC(C)CC1(Cc2ccc(Cl)cc2Cl)CCC(=O)N1. The highest BCUT2D eigenvalue weighted by Gasteiger charge is 2.38. The van der Waals surface area contributed by atoms with Crippen LogP contribution in [0.5, 0.6) is 0 Å². The molecule has 0 radical (unpaired) electrons. The summed E-state index contributed by atoms with van der Waals surface area (Å²) >= 11 is 12.2. The lowest BCUT2D eigenvalue weighted by molar-refractivity contribution is -0.119. The van der Waals surface area contributed by atoms with Crippen LogP contribution in [0.3, 0.4) is 0 Å². The minimum Gasteiger partial charge on any atom is -0.350 e. The van der Waals surface area contributed by atoms with Gasteiger partial charge in [0.25, 0.3) is 0 Å². The van der Waals surface area contributed by atoms with Crippen LogP contribution >= 0.6 is 23.2 Å². The summed E-state index contributed by atoms with van der Waals surface area (Å²) in [6, 6.07) is 5.57. The van der Waals surface area contributed by atoms with E-state index in [-0.39, 0.29) is 11.4 Å². The van der Waals surface area contributed by atoms with Crippen LogP contribution in [-0.4, -0.2) is 11.4 Å². The van der Waals surface area contributed by atoms with E-state index in [9.17, 15) is 4.79 Å². The van der Waals surface area contributed by atoms with E-state index in [1.54, 1.807) is 6.07 Å². The Balaban J connectivity index is 2.23. The molecule has 1 saturated heterocycles. The fraction of sp³-hybridized carbons (Fsp3) is 0.533. The third kappa shape index (κ3) is 3.64. The van der Waals surface area contributed by atoms with Crippen LogP contribution in [-0.2, 0) is 11.2 Å². The van der Waals surface area contributed by atoms with Crippen LogP contribution in [0.4, 0.5) is 0 Å². The van der Waals surface area contributed by atoms with Crippen LogP contribution in [0.2, 0.25) is 10.0 Å². The number of amides is 1. The van der Waals surface area contributed by atoms with E-state index in [4.69, 9.17) is 23.2 Å². The van der Waals surface area contributed by atoms with Crippen LogP contribution in [0.15, 0.2) is 18.2 Å². The predicted molar refractivity (Wildman–Crippen MR) is 79.7 cm³/mol. The second kappa shape index (κ2) is 5.72. The van der Waals surface area contributed by atoms with E-state index in [2.05, 4.69) is 19.2 Å². The van der Waals surface area contributed by atoms with E-state index in [0.29, 0.717) is 22.4 Å². The van der Waals surface area contributed by atoms with E-state index >= 15 is 0 Å². The van der Waals surface area contributed by atoms with Gasteiger partial charge in [-0.2, -0.15) is 0 Å². The van der Waals surface area contributed by atoms with Crippen LogP contribution in [0.25, 0.3) is 0 Å². The number of carbonyl (C=O) groups is 1. The Labute approximate surface area is 124 Å². The van der Waals surface area contributed by atoms with Crippen molar-refractivity contribution in [3.8, 4) is 0 Å². The first kappa shape index (κ1) is 14.7. The first-order chi connectivity index (χ1) is 8.90. The molecular weight excluding hydrogens is 281 g/mol. The highest BCUT2D eigenvalue weighted by atomic mass is 35.5. The first-order valence-electron chi connectivity index (χ1n) is 6.65. The van der Waals surface area contributed by atoms with Gasteiger partial charge in [-0.25, -0.2) is 0 Å². The normalized spacial score (nSPS) is 22.9. The lowest BCUT2D eigenvalue weighted by atomic mass is 9.82. The number of halogens is 2. The van der Waals surface area contributed by atoms with Gasteiger partial charge in [0.1, 0.15) is 0 Å². The summed E-state index contributed by atoms with van der Waals surface area (Å²) in [5, 5.41) is 4.48. The molecule has 19 heavy (non-hydrogen) atoms. The van der Waals surface area contributed by atoms with Gasteiger partial charge in [-0.1, -0.05) is 43.1 Å². The number of nitrogens with one attached hydrogen (secondary N) is 1. The third-order valence-corrected chi connectivity index (χ3v) is 4.17. The molecule has 0 spiro atoms. The van der Waals surface area contributed by atoms with Gasteiger partial charge in [0.15, 0.2) is 0 Å². The van der Waals surface area contributed by atoms with E-state index < -0.39 is 0 Å². The molecule has 2 rings (SSSR count). The van der Waals surface area contributed by atoms with Gasteiger partial charge in [-0.3, -0.25) is 4.79 Å². The van der Waals surface area contributed by atoms with Crippen LogP contribution < -0.4 is 5.32 Å². The molecule has 1 amide bonds. The summed E-state index contributed by atoms with van der Waals surface area (Å²) in [5.41, 5.74) is 0.900. The van der Waals surface area contributed by atoms with Gasteiger partial charge in [-0.15, -0.1) is 0 Å². The lowest BCUT2D eigenvalue weighted by Crippen LogP contribution is -2.44. The second-order valence-electron chi connectivity index (χ2n) is 5.84. The van der Waals surface area contributed by atoms with Crippen molar-refractivity contribution in [3.63, 3.8) is 0 Å². The van der Waals surface area contributed by atoms with Crippen molar-refractivity contribution in [2.24, 2.45) is 5.92 Å². The summed E-state index contributed by atoms with van der Waals surface area (Å²) in [4.78, 5) is 11.6. The maximum Gasteiger partial charge on any atom is 0.220 e. The largest absolute Gasteiger partial charge is 0.350 e. The molecule has 0 aliphatic carbocycles. The van der Waals surface area contributed by atoms with Crippen LogP contribution in [0, 0.1) is 5.92 Å². The quantitative estimate of drug-likeness (QED) is 0.885. The third-order valence-electron chi connectivity index (χ3n) is 3.58. The molecule has 0 saturated carbocycles. The number of hydrogen-bond acceptors (Lipinski definition) is 1. The maximum atomic E-state index is 11.6. The molecule has 104 valence electrons. The Hall–Kier alpha value is -0.730. The van der Waals surface area contributed by atoms with Gasteiger partial charge >= 0.3 is 0 Å². The zero-order chi connectivity index (χ0) is 14.0. The second-order valence-corrected chi connectivity index (χ2v) is 6.68. The van der Waals surface area contributed by atoms with Crippen molar-refractivity contribution < 1.29 is 4.79 Å². The fourth-order valence-electron chi connectivity index (χ4n) is 2.94. The average molecular weight is 300 g/mol. The monoisotopic (exact) mass is 299 g/mol. The van der Waals surface area contributed by atoms with Gasteiger partial charge in [0.2, 0.25) is 5.91 Å². The molecule has 4 heteroatoms. The Kier molecular flexibility index (Phi) is 4.42. The summed E-state index contributed by atoms with van der Waals surface area (Å²) < 4.78 is 0. The van der Waals surface area contributed by atoms with E-state index in [1.165, 1.54) is 0 Å². The smallest absolute Gasteiger partial charge is 0.220 e. The zero-order valence-electron chi connectivity index (χ0n) is 11.3. The molecule has 1 heterocycles. The molecule has 1 aromatic rings. The van der Waals surface area contributed by atoms with Crippen molar-refractivity contribution in [2.75, 3.05) is 0 Å². The van der Waals surface area contributed by atoms with E-state index in [1.807, 2.05) is 12.1 Å². The van der Waals surface area contributed by atoms with E-state index in [0.717, 1.165) is 24.8 Å². The number of carbonyl (C=O) groups excluding carboxylic acids is 1. The number of hydrogen-bond donors (Lipinski definition) is 1. The van der Waals surface area contributed by atoms with Gasteiger partial charge < -0.3 is 5.32 Å². The minimum atomic E-state index is -0.150. The Morgan fingerprint density at radius 1 is 1.37 bits per heavy atom. The molecule has 1 atom stereocenters. The molecule has 0 aromatic heterocycles. The molecule has 1 unspecified atom stereocenters. The standard InChI is InChI=1S/C15H19Cl2NO/c1-10(2)8-15(6-5-14(19)18-15)9-11-3-4-12(16)7-13(11)17/h3-4,7,10H,5-6,8-9H2,1-2H3,(H,18,19). The Morgan fingerprint density at radius 2 is 2.11 bits per heavy atom. The highest BCUT2D eigenvalue weighted by molar-refractivity contribution is 6.35. The molecular formula is C15H19Cl2NO. The maximum absolute atomic E-state index is 11.6. The number of rotatable bonds is 4. The first-order valence-corrected chi connectivity index (χ1v) is 7.41. The van der Waals surface area contributed by atoms with Crippen molar-refractivity contribution in [3.05, 3.63) is 33.8 Å². The van der Waals surface area contributed by atoms with Crippen LogP contribution in [0.1, 0.15) is 38.7 Å². The lowest BCUT2D eigenvalue weighted by Gasteiger charge is -2.31. The van der Waals surface area contributed by atoms with Crippen molar-refractivity contribution in [1.29, 1.82) is 0 Å². The predicted octanol–water partition coefficient (Wildman–Crippen LogP) is 4.23. The van der Waals surface area contributed by atoms with Crippen molar-refractivity contribution in [1.82, 2.24) is 5.32 Å². The topological polar surface area (TPSA) is 29.1 Å². The summed E-state index contributed by atoms with van der Waals surface area (Å²) in [6.45, 7) is 4.35. The molecule has 1 fully saturated rings. The Morgan fingerprint density at radius 3 is 2.63 bits per heavy atom. The minimum absolute atomic E-state index is 0.144. The average Bonchev–Trinajstić information content (AvgIpc) is 2.63. The molecule has 1 aliphatic rings. The molecule has 1 N–H and O–H groups in total. The zero-order valence-corrected chi connectivity index (χ0v) is 12.8. The summed E-state index contributed by atoms with van der Waals surface area (Å²) in [6.07, 6.45) is 3.23. The number of benzene rings is 1. The fourth-order valence-corrected chi connectivity index (χ4v) is 3.42. The van der Waals surface area contributed by atoms with Gasteiger partial charge in [0.05, 0.1) is 0 Å². The summed E-state index contributed by atoms with van der Waals surface area (Å²) in [5.74, 6) is 0.676. The molecule has 1 aliphatic heterocycles. The van der Waals surface area contributed by atoms with Crippen molar-refractivity contribution in [2.45, 2.75) is 45.1 Å². The molecule has 1 aromatic carbocycles. The van der Waals surface area contributed by atoms with Crippen molar-refractivity contribution >= 4 is 29.1 Å². The van der Waals surface area contributed by atoms with Gasteiger partial charge in [0, 0.05) is 22.0 Å². The Bertz CT molecular complexity index is 487. The molecule has 2 nitrogen and oxygen atoms in total. The molecule has 0 bridgehead atoms. The van der Waals surface area contributed by atoms with Gasteiger partial charge in [-0.05, 0) is 42.9 Å².